The van der Waals surface area contributed by atoms with Crippen molar-refractivity contribution in [2.75, 3.05) is 6.61 Å². The number of epoxide rings is 1. The molecular weight excluding hydrogens is 500 g/mol. The highest BCUT2D eigenvalue weighted by atomic mass is 16.6. The second-order valence-corrected chi connectivity index (χ2v) is 11.3. The van der Waals surface area contributed by atoms with Crippen LogP contribution in [0.2, 0.25) is 0 Å². The van der Waals surface area contributed by atoms with Crippen molar-refractivity contribution in [1.29, 1.82) is 0 Å². The average Bonchev–Trinajstić information content (AvgIpc) is 3.47. The van der Waals surface area contributed by atoms with Gasteiger partial charge in [0, 0.05) is 12.5 Å². The van der Waals surface area contributed by atoms with Gasteiger partial charge in [0.1, 0.15) is 23.4 Å². The average molecular weight is 541 g/mol. The lowest BCUT2D eigenvalue weighted by molar-refractivity contribution is -0.133. The molecule has 212 valence electrons. The van der Waals surface area contributed by atoms with Crippen molar-refractivity contribution in [1.82, 2.24) is 21.1 Å². The van der Waals surface area contributed by atoms with Crippen molar-refractivity contribution >= 4 is 23.5 Å². The number of nitrogens with one attached hydrogen (secondary N) is 3. The molecule has 0 spiro atoms. The highest BCUT2D eigenvalue weighted by molar-refractivity contribution is 5.99. The maximum Gasteiger partial charge on any atom is 0.274 e. The van der Waals surface area contributed by atoms with Gasteiger partial charge in [0.05, 0.1) is 12.6 Å². The molecule has 0 saturated carbocycles. The van der Waals surface area contributed by atoms with Gasteiger partial charge in [-0.25, -0.2) is 0 Å². The molecule has 10 heteroatoms. The zero-order valence-electron chi connectivity index (χ0n) is 23.6. The maximum absolute atomic E-state index is 13.6. The van der Waals surface area contributed by atoms with Gasteiger partial charge in [0.15, 0.2) is 11.5 Å². The Morgan fingerprint density at radius 2 is 1.46 bits per heavy atom. The van der Waals surface area contributed by atoms with E-state index in [0.29, 0.717) is 25.2 Å². The molecule has 1 aliphatic heterocycles. The van der Waals surface area contributed by atoms with Crippen LogP contribution in [0.25, 0.3) is 0 Å². The SMILES string of the molecule is Cc1cc(C(=O)N[C@@H](CC(C)C)C(=O)N[C@@H](Cc2ccccc2)C(=O)N[C@@H](CC(C)C)C(=O)[C@@]2(C)CO2)no1. The number of hydrogen-bond acceptors (Lipinski definition) is 7. The van der Waals surface area contributed by atoms with E-state index in [-0.39, 0.29) is 29.7 Å². The summed E-state index contributed by atoms with van der Waals surface area (Å²) in [7, 11) is 0. The van der Waals surface area contributed by atoms with Crippen molar-refractivity contribution in [2.24, 2.45) is 11.8 Å². The van der Waals surface area contributed by atoms with Crippen molar-refractivity contribution < 1.29 is 28.4 Å². The Morgan fingerprint density at radius 3 is 2.00 bits per heavy atom. The molecule has 1 aromatic heterocycles. The van der Waals surface area contributed by atoms with E-state index in [1.807, 2.05) is 58.0 Å². The fourth-order valence-corrected chi connectivity index (χ4v) is 4.33. The molecule has 1 aromatic carbocycles. The highest BCUT2D eigenvalue weighted by Crippen LogP contribution is 2.29. The zero-order valence-corrected chi connectivity index (χ0v) is 23.6. The van der Waals surface area contributed by atoms with Gasteiger partial charge < -0.3 is 25.2 Å². The summed E-state index contributed by atoms with van der Waals surface area (Å²) in [5, 5.41) is 12.2. The molecule has 1 aliphatic rings. The van der Waals surface area contributed by atoms with Crippen LogP contribution >= 0.6 is 0 Å². The summed E-state index contributed by atoms with van der Waals surface area (Å²) in [6.45, 7) is 11.5. The summed E-state index contributed by atoms with van der Waals surface area (Å²) in [5.74, 6) is -1.00. The van der Waals surface area contributed by atoms with E-state index in [1.165, 1.54) is 6.07 Å². The Balaban J connectivity index is 1.80. The van der Waals surface area contributed by atoms with Crippen LogP contribution in [-0.2, 0) is 25.5 Å². The number of aryl methyl sites for hydroxylation is 1. The molecule has 3 N–H and O–H groups in total. The van der Waals surface area contributed by atoms with Crippen LogP contribution in [0.15, 0.2) is 40.9 Å². The van der Waals surface area contributed by atoms with Gasteiger partial charge >= 0.3 is 0 Å². The zero-order chi connectivity index (χ0) is 28.7. The molecule has 2 heterocycles. The fourth-order valence-electron chi connectivity index (χ4n) is 4.33. The van der Waals surface area contributed by atoms with E-state index in [2.05, 4.69) is 21.1 Å². The number of hydrogen-bond donors (Lipinski definition) is 3. The second-order valence-electron chi connectivity index (χ2n) is 11.3. The van der Waals surface area contributed by atoms with Crippen LogP contribution in [0.5, 0.6) is 0 Å². The molecule has 1 saturated heterocycles. The number of amides is 3. The first kappa shape index (κ1) is 30.0. The molecule has 0 radical (unpaired) electrons. The summed E-state index contributed by atoms with van der Waals surface area (Å²) in [4.78, 5) is 52.9. The van der Waals surface area contributed by atoms with E-state index in [4.69, 9.17) is 9.26 Å². The van der Waals surface area contributed by atoms with Gasteiger partial charge in [0.2, 0.25) is 11.8 Å². The number of ether oxygens (including phenoxy) is 1. The first-order chi connectivity index (χ1) is 18.4. The predicted octanol–water partition coefficient (Wildman–Crippen LogP) is 2.74. The van der Waals surface area contributed by atoms with Crippen molar-refractivity contribution in [3.8, 4) is 0 Å². The maximum atomic E-state index is 13.6. The van der Waals surface area contributed by atoms with Crippen LogP contribution < -0.4 is 16.0 Å². The Labute approximate surface area is 229 Å². The van der Waals surface area contributed by atoms with Crippen LogP contribution in [0.4, 0.5) is 0 Å². The quantitative estimate of drug-likeness (QED) is 0.313. The third kappa shape index (κ3) is 8.74. The third-order valence-electron chi connectivity index (χ3n) is 6.54. The van der Waals surface area contributed by atoms with Gasteiger partial charge in [-0.2, -0.15) is 0 Å². The monoisotopic (exact) mass is 540 g/mol. The minimum Gasteiger partial charge on any atom is -0.361 e. The van der Waals surface area contributed by atoms with Gasteiger partial charge in [-0.05, 0) is 44.1 Å². The Kier molecular flexibility index (Phi) is 10.0. The summed E-state index contributed by atoms with van der Waals surface area (Å²) >= 11 is 0. The van der Waals surface area contributed by atoms with Crippen molar-refractivity contribution in [2.45, 2.75) is 84.5 Å². The molecule has 1 fully saturated rings. The number of rotatable bonds is 14. The summed E-state index contributed by atoms with van der Waals surface area (Å²) in [5.41, 5.74) is 0.0140. The summed E-state index contributed by atoms with van der Waals surface area (Å²) in [6.07, 6.45) is 0.997. The van der Waals surface area contributed by atoms with E-state index < -0.39 is 41.4 Å². The standard InChI is InChI=1S/C29H40N4O6/c1-17(2)12-21(25(34)29(6)16-38-29)30-27(36)23(15-20-10-8-7-9-11-20)32-26(35)22(13-18(3)4)31-28(37)24-14-19(5)39-33-24/h7-11,14,17-18,21-23H,12-13,15-16H2,1-6H3,(H,30,36)(H,31,37)(H,32,35)/t21-,22-,23-,29+/m0/s1. The minimum atomic E-state index is -0.976. The normalized spacial score (nSPS) is 18.8. The molecule has 10 nitrogen and oxygen atoms in total. The molecule has 3 rings (SSSR count). The van der Waals surface area contributed by atoms with Crippen LogP contribution in [0.3, 0.4) is 0 Å². The molecule has 4 atom stereocenters. The molecule has 39 heavy (non-hydrogen) atoms. The number of nitrogens with zero attached hydrogens (tertiary/aromatic N) is 1. The number of Topliss-reactive ketones (excluding diaryl/α,β-unsaturated/α-hetero) is 1. The van der Waals surface area contributed by atoms with Crippen molar-refractivity contribution in [3.63, 3.8) is 0 Å². The molecule has 0 aliphatic carbocycles. The van der Waals surface area contributed by atoms with E-state index in [1.54, 1.807) is 13.8 Å². The van der Waals surface area contributed by atoms with Gasteiger partial charge in [-0.1, -0.05) is 63.2 Å². The number of aromatic nitrogens is 1. The number of benzene rings is 1. The molecule has 0 bridgehead atoms. The number of carbonyl (C=O) groups is 4. The van der Waals surface area contributed by atoms with Crippen LogP contribution in [0.1, 0.15) is 69.3 Å². The first-order valence-corrected chi connectivity index (χ1v) is 13.4. The number of carbonyl (C=O) groups excluding carboxylic acids is 4. The fraction of sp³-hybridized carbons (Fsp3) is 0.552. The van der Waals surface area contributed by atoms with Crippen LogP contribution in [-0.4, -0.2) is 59.0 Å². The minimum absolute atomic E-state index is 0.0680. The Hall–Kier alpha value is -3.53. The number of ketones is 1. The smallest absolute Gasteiger partial charge is 0.274 e. The second kappa shape index (κ2) is 13.0. The lowest BCUT2D eigenvalue weighted by atomic mass is 9.93. The molecule has 2 aromatic rings. The summed E-state index contributed by atoms with van der Waals surface area (Å²) in [6, 6.07) is 8.15. The Bertz CT molecular complexity index is 1160. The molecular formula is C29H40N4O6. The molecule has 3 amide bonds. The van der Waals surface area contributed by atoms with Gasteiger partial charge in [-0.3, -0.25) is 19.2 Å². The lowest BCUT2D eigenvalue weighted by Crippen LogP contribution is -2.57. The topological polar surface area (TPSA) is 143 Å². The summed E-state index contributed by atoms with van der Waals surface area (Å²) < 4.78 is 10.3. The third-order valence-corrected chi connectivity index (χ3v) is 6.54. The van der Waals surface area contributed by atoms with E-state index in [9.17, 15) is 19.2 Å². The first-order valence-electron chi connectivity index (χ1n) is 13.4. The van der Waals surface area contributed by atoms with Crippen molar-refractivity contribution in [3.05, 3.63) is 53.4 Å². The lowest BCUT2D eigenvalue weighted by Gasteiger charge is -2.27. The largest absolute Gasteiger partial charge is 0.361 e. The van der Waals surface area contributed by atoms with Gasteiger partial charge in [-0.15, -0.1) is 0 Å². The Morgan fingerprint density at radius 1 is 0.897 bits per heavy atom. The van der Waals surface area contributed by atoms with Crippen LogP contribution in [0, 0.1) is 18.8 Å². The highest BCUT2D eigenvalue weighted by Gasteiger charge is 2.50. The van der Waals surface area contributed by atoms with E-state index >= 15 is 0 Å². The van der Waals surface area contributed by atoms with Gasteiger partial charge in [0.25, 0.3) is 5.91 Å². The predicted molar refractivity (Wildman–Crippen MR) is 145 cm³/mol. The van der Waals surface area contributed by atoms with E-state index in [0.717, 1.165) is 5.56 Å². The molecule has 0 unspecified atom stereocenters.